The van der Waals surface area contributed by atoms with E-state index in [2.05, 4.69) is 10.6 Å². The number of carbonyl (C=O) groups is 2. The van der Waals surface area contributed by atoms with Crippen molar-refractivity contribution in [2.24, 2.45) is 0 Å². The maximum absolute atomic E-state index is 13.7. The third-order valence-electron chi connectivity index (χ3n) is 3.11. The molecule has 1 heterocycles. The highest BCUT2D eigenvalue weighted by Gasteiger charge is 2.22. The molecule has 1 aromatic carbocycles. The van der Waals surface area contributed by atoms with Crippen molar-refractivity contribution in [1.29, 1.82) is 0 Å². The standard InChI is InChI=1S/C14H18FN3O3/c1-18(2)14(20)10-7-9(3-4-11(10)15)17-13(19)12-8-21-6-5-16-12/h3-4,7,12,16H,5-6,8H2,1-2H3,(H,17,19). The van der Waals surface area contributed by atoms with Crippen LogP contribution in [0.15, 0.2) is 18.2 Å². The largest absolute Gasteiger partial charge is 0.378 e. The molecule has 0 bridgehead atoms. The van der Waals surface area contributed by atoms with E-state index in [1.807, 2.05) is 0 Å². The van der Waals surface area contributed by atoms with Crippen LogP contribution in [0.1, 0.15) is 10.4 Å². The van der Waals surface area contributed by atoms with E-state index in [1.165, 1.54) is 31.1 Å². The normalized spacial score (nSPS) is 18.1. The Balaban J connectivity index is 2.11. The molecule has 1 saturated heterocycles. The number of rotatable bonds is 3. The molecule has 0 radical (unpaired) electrons. The Morgan fingerprint density at radius 1 is 1.43 bits per heavy atom. The van der Waals surface area contributed by atoms with Gasteiger partial charge in [-0.3, -0.25) is 9.59 Å². The summed E-state index contributed by atoms with van der Waals surface area (Å²) in [4.78, 5) is 25.1. The number of hydrogen-bond acceptors (Lipinski definition) is 4. The number of morpholine rings is 1. The van der Waals surface area contributed by atoms with Crippen LogP contribution in [0.25, 0.3) is 0 Å². The highest BCUT2D eigenvalue weighted by atomic mass is 19.1. The van der Waals surface area contributed by atoms with Crippen LogP contribution in [-0.4, -0.2) is 56.6 Å². The van der Waals surface area contributed by atoms with Crippen molar-refractivity contribution in [1.82, 2.24) is 10.2 Å². The van der Waals surface area contributed by atoms with Gasteiger partial charge in [-0.2, -0.15) is 0 Å². The SMILES string of the molecule is CN(C)C(=O)c1cc(NC(=O)C2COCCN2)ccc1F. The van der Waals surface area contributed by atoms with E-state index >= 15 is 0 Å². The summed E-state index contributed by atoms with van der Waals surface area (Å²) in [5.74, 6) is -1.35. The maximum Gasteiger partial charge on any atom is 0.256 e. The Morgan fingerprint density at radius 3 is 2.81 bits per heavy atom. The van der Waals surface area contributed by atoms with Gasteiger partial charge in [-0.1, -0.05) is 0 Å². The first-order valence-corrected chi connectivity index (χ1v) is 6.62. The monoisotopic (exact) mass is 295 g/mol. The Morgan fingerprint density at radius 2 is 2.19 bits per heavy atom. The summed E-state index contributed by atoms with van der Waals surface area (Å²) in [6, 6.07) is 3.47. The summed E-state index contributed by atoms with van der Waals surface area (Å²) >= 11 is 0. The summed E-state index contributed by atoms with van der Waals surface area (Å²) in [7, 11) is 3.08. The topological polar surface area (TPSA) is 70.7 Å². The second-order valence-electron chi connectivity index (χ2n) is 4.97. The Bertz CT molecular complexity index is 542. The van der Waals surface area contributed by atoms with Gasteiger partial charge in [0.15, 0.2) is 0 Å². The molecule has 1 unspecified atom stereocenters. The van der Waals surface area contributed by atoms with Crippen molar-refractivity contribution < 1.29 is 18.7 Å². The average Bonchev–Trinajstić information content (AvgIpc) is 2.49. The number of ether oxygens (including phenoxy) is 1. The molecule has 0 aliphatic carbocycles. The molecular weight excluding hydrogens is 277 g/mol. The zero-order valence-electron chi connectivity index (χ0n) is 12.0. The number of benzene rings is 1. The number of carbonyl (C=O) groups excluding carboxylic acids is 2. The van der Waals surface area contributed by atoms with E-state index < -0.39 is 17.8 Å². The van der Waals surface area contributed by atoms with Crippen molar-refractivity contribution >= 4 is 17.5 Å². The Labute approximate surface area is 122 Å². The first-order chi connectivity index (χ1) is 9.99. The summed E-state index contributed by atoms with van der Waals surface area (Å²) in [6.45, 7) is 1.46. The third kappa shape index (κ3) is 3.77. The highest BCUT2D eigenvalue weighted by molar-refractivity contribution is 5.98. The van der Waals surface area contributed by atoms with Gasteiger partial charge in [0.2, 0.25) is 5.91 Å². The molecule has 7 heteroatoms. The smallest absolute Gasteiger partial charge is 0.256 e. The van der Waals surface area contributed by atoms with Crippen molar-refractivity contribution in [3.63, 3.8) is 0 Å². The molecule has 1 atom stereocenters. The van der Waals surface area contributed by atoms with Crippen LogP contribution in [-0.2, 0) is 9.53 Å². The fourth-order valence-electron chi connectivity index (χ4n) is 1.97. The van der Waals surface area contributed by atoms with Crippen LogP contribution >= 0.6 is 0 Å². The second-order valence-corrected chi connectivity index (χ2v) is 4.97. The molecule has 2 rings (SSSR count). The predicted molar refractivity (Wildman–Crippen MR) is 75.7 cm³/mol. The van der Waals surface area contributed by atoms with E-state index in [0.717, 1.165) is 6.07 Å². The minimum absolute atomic E-state index is 0.0781. The van der Waals surface area contributed by atoms with E-state index in [9.17, 15) is 14.0 Å². The first kappa shape index (κ1) is 15.4. The highest BCUT2D eigenvalue weighted by Crippen LogP contribution is 2.16. The van der Waals surface area contributed by atoms with Gasteiger partial charge in [-0.15, -0.1) is 0 Å². The molecule has 2 amide bonds. The molecular formula is C14H18FN3O3. The quantitative estimate of drug-likeness (QED) is 0.849. The molecule has 1 fully saturated rings. The minimum atomic E-state index is -0.620. The summed E-state index contributed by atoms with van der Waals surface area (Å²) in [6.07, 6.45) is 0. The molecule has 1 aliphatic heterocycles. The van der Waals surface area contributed by atoms with Crippen LogP contribution in [0.2, 0.25) is 0 Å². The molecule has 0 aromatic heterocycles. The molecule has 2 N–H and O–H groups in total. The Kier molecular flexibility index (Phi) is 4.87. The van der Waals surface area contributed by atoms with Gasteiger partial charge in [0.1, 0.15) is 11.9 Å². The van der Waals surface area contributed by atoms with E-state index in [-0.39, 0.29) is 18.1 Å². The fourth-order valence-corrected chi connectivity index (χ4v) is 1.97. The third-order valence-corrected chi connectivity index (χ3v) is 3.11. The molecule has 1 aromatic rings. The lowest BCUT2D eigenvalue weighted by Gasteiger charge is -2.23. The molecule has 1 aliphatic rings. The second kappa shape index (κ2) is 6.64. The van der Waals surface area contributed by atoms with Crippen molar-refractivity contribution in [2.45, 2.75) is 6.04 Å². The number of halogens is 1. The van der Waals surface area contributed by atoms with E-state index in [4.69, 9.17) is 4.74 Å². The fraction of sp³-hybridized carbons (Fsp3) is 0.429. The van der Waals surface area contributed by atoms with Gasteiger partial charge in [0, 0.05) is 26.3 Å². The van der Waals surface area contributed by atoms with E-state index in [1.54, 1.807) is 0 Å². The molecule has 0 spiro atoms. The van der Waals surface area contributed by atoms with Gasteiger partial charge in [-0.25, -0.2) is 4.39 Å². The predicted octanol–water partition coefficient (Wildman–Crippen LogP) is 0.454. The minimum Gasteiger partial charge on any atom is -0.378 e. The Hall–Kier alpha value is -1.99. The van der Waals surface area contributed by atoms with Gasteiger partial charge in [-0.05, 0) is 18.2 Å². The van der Waals surface area contributed by atoms with Gasteiger partial charge in [0.25, 0.3) is 5.91 Å². The van der Waals surface area contributed by atoms with Gasteiger partial charge in [0.05, 0.1) is 18.8 Å². The number of nitrogens with one attached hydrogen (secondary N) is 2. The van der Waals surface area contributed by atoms with Crippen molar-refractivity contribution in [3.8, 4) is 0 Å². The van der Waals surface area contributed by atoms with Gasteiger partial charge < -0.3 is 20.3 Å². The summed E-state index contributed by atoms with van der Waals surface area (Å²) in [5, 5.41) is 5.67. The summed E-state index contributed by atoms with van der Waals surface area (Å²) < 4.78 is 18.9. The first-order valence-electron chi connectivity index (χ1n) is 6.62. The zero-order chi connectivity index (χ0) is 15.4. The molecule has 21 heavy (non-hydrogen) atoms. The number of hydrogen-bond donors (Lipinski definition) is 2. The lowest BCUT2D eigenvalue weighted by atomic mass is 10.1. The van der Waals surface area contributed by atoms with Crippen LogP contribution in [0.3, 0.4) is 0 Å². The number of nitrogens with zero attached hydrogens (tertiary/aromatic N) is 1. The van der Waals surface area contributed by atoms with Crippen molar-refractivity contribution in [3.05, 3.63) is 29.6 Å². The maximum atomic E-state index is 13.7. The number of amides is 2. The molecule has 114 valence electrons. The van der Waals surface area contributed by atoms with E-state index in [0.29, 0.717) is 18.8 Å². The lowest BCUT2D eigenvalue weighted by molar-refractivity contribution is -0.120. The van der Waals surface area contributed by atoms with Crippen LogP contribution in [0.5, 0.6) is 0 Å². The number of anilines is 1. The summed E-state index contributed by atoms with van der Waals surface area (Å²) in [5.41, 5.74) is 0.296. The van der Waals surface area contributed by atoms with Crippen LogP contribution in [0.4, 0.5) is 10.1 Å². The molecule has 6 nitrogen and oxygen atoms in total. The van der Waals surface area contributed by atoms with Gasteiger partial charge >= 0.3 is 0 Å². The van der Waals surface area contributed by atoms with Crippen LogP contribution in [0, 0.1) is 5.82 Å². The molecule has 0 saturated carbocycles. The average molecular weight is 295 g/mol. The van der Waals surface area contributed by atoms with Crippen LogP contribution < -0.4 is 10.6 Å². The lowest BCUT2D eigenvalue weighted by Crippen LogP contribution is -2.48. The van der Waals surface area contributed by atoms with Crippen molar-refractivity contribution in [2.75, 3.05) is 39.2 Å². The zero-order valence-corrected chi connectivity index (χ0v) is 12.0.